The molecule has 0 saturated carbocycles. The van der Waals surface area contributed by atoms with Crippen LogP contribution in [0.5, 0.6) is 0 Å². The van der Waals surface area contributed by atoms with E-state index in [2.05, 4.69) is 22.1 Å². The van der Waals surface area contributed by atoms with E-state index >= 15 is 0 Å². The zero-order chi connectivity index (χ0) is 14.4. The fourth-order valence-electron chi connectivity index (χ4n) is 1.80. The van der Waals surface area contributed by atoms with Crippen LogP contribution in [0.15, 0.2) is 35.8 Å². The molecule has 0 aliphatic heterocycles. The number of hydrogen-bond acceptors (Lipinski definition) is 4. The summed E-state index contributed by atoms with van der Waals surface area (Å²) in [5.74, 6) is 0.835. The van der Waals surface area contributed by atoms with Crippen molar-refractivity contribution in [2.24, 2.45) is 0 Å². The Morgan fingerprint density at radius 3 is 2.85 bits per heavy atom. The van der Waals surface area contributed by atoms with Gasteiger partial charge in [-0.2, -0.15) is 0 Å². The third-order valence-corrected chi connectivity index (χ3v) is 3.86. The molecule has 2 aromatic rings. The summed E-state index contributed by atoms with van der Waals surface area (Å²) in [7, 11) is 2.03. The Bertz CT molecular complexity index is 537. The molecule has 106 valence electrons. The van der Waals surface area contributed by atoms with Gasteiger partial charge in [0.25, 0.3) is 5.91 Å². The smallest absolute Gasteiger partial charge is 0.265 e. The van der Waals surface area contributed by atoms with Crippen molar-refractivity contribution in [3.63, 3.8) is 0 Å². The van der Waals surface area contributed by atoms with Gasteiger partial charge in [-0.25, -0.2) is 4.98 Å². The van der Waals surface area contributed by atoms with Gasteiger partial charge in [0.15, 0.2) is 0 Å². The van der Waals surface area contributed by atoms with Gasteiger partial charge in [-0.15, -0.1) is 11.3 Å². The van der Waals surface area contributed by atoms with Crippen molar-refractivity contribution in [2.75, 3.05) is 23.8 Å². The van der Waals surface area contributed by atoms with E-state index in [1.807, 2.05) is 30.6 Å². The van der Waals surface area contributed by atoms with Gasteiger partial charge >= 0.3 is 0 Å². The van der Waals surface area contributed by atoms with Crippen molar-refractivity contribution < 1.29 is 4.79 Å². The van der Waals surface area contributed by atoms with Crippen LogP contribution in [0.2, 0.25) is 0 Å². The number of carbonyl (C=O) groups is 1. The van der Waals surface area contributed by atoms with Crippen molar-refractivity contribution in [2.45, 2.75) is 19.8 Å². The second-order valence-electron chi connectivity index (χ2n) is 4.61. The lowest BCUT2D eigenvalue weighted by molar-refractivity contribution is 0.103. The highest BCUT2D eigenvalue weighted by Gasteiger charge is 2.07. The number of hydrogen-bond donors (Lipinski definition) is 1. The molecule has 4 nitrogen and oxygen atoms in total. The van der Waals surface area contributed by atoms with E-state index in [-0.39, 0.29) is 5.91 Å². The number of anilines is 2. The van der Waals surface area contributed by atoms with Crippen LogP contribution in [0.1, 0.15) is 29.4 Å². The lowest BCUT2D eigenvalue weighted by Crippen LogP contribution is -2.19. The second-order valence-corrected chi connectivity index (χ2v) is 5.56. The molecule has 0 bridgehead atoms. The summed E-state index contributed by atoms with van der Waals surface area (Å²) in [6.07, 6.45) is 4.01. The number of nitrogens with one attached hydrogen (secondary N) is 1. The number of thiophene rings is 1. The summed E-state index contributed by atoms with van der Waals surface area (Å²) in [4.78, 5) is 19.1. The molecule has 1 N–H and O–H groups in total. The first-order valence-corrected chi connectivity index (χ1v) is 7.60. The van der Waals surface area contributed by atoms with Gasteiger partial charge in [-0.1, -0.05) is 19.4 Å². The molecule has 2 heterocycles. The quantitative estimate of drug-likeness (QED) is 0.883. The van der Waals surface area contributed by atoms with Gasteiger partial charge in [-0.05, 0) is 30.0 Å². The first kappa shape index (κ1) is 14.5. The molecule has 1 amide bonds. The van der Waals surface area contributed by atoms with Crippen LogP contribution in [-0.4, -0.2) is 24.5 Å². The SMILES string of the molecule is CCCCN(C)c1ccc(NC(=O)c2cccs2)cn1. The highest BCUT2D eigenvalue weighted by Crippen LogP contribution is 2.16. The van der Waals surface area contributed by atoms with Crippen molar-refractivity contribution in [1.29, 1.82) is 0 Å². The number of rotatable bonds is 6. The van der Waals surface area contributed by atoms with Crippen LogP contribution in [0.3, 0.4) is 0 Å². The average molecular weight is 289 g/mol. The van der Waals surface area contributed by atoms with Crippen LogP contribution in [0.25, 0.3) is 0 Å². The van der Waals surface area contributed by atoms with Crippen molar-refractivity contribution in [1.82, 2.24) is 4.98 Å². The van der Waals surface area contributed by atoms with E-state index < -0.39 is 0 Å². The number of pyridine rings is 1. The molecule has 0 radical (unpaired) electrons. The number of carbonyl (C=O) groups excluding carboxylic acids is 1. The van der Waals surface area contributed by atoms with Crippen molar-refractivity contribution in [3.05, 3.63) is 40.7 Å². The maximum absolute atomic E-state index is 11.9. The highest BCUT2D eigenvalue weighted by atomic mass is 32.1. The number of nitrogens with zero attached hydrogens (tertiary/aromatic N) is 2. The van der Waals surface area contributed by atoms with Gasteiger partial charge in [0.2, 0.25) is 0 Å². The summed E-state index contributed by atoms with van der Waals surface area (Å²) in [5.41, 5.74) is 0.719. The van der Waals surface area contributed by atoms with Gasteiger partial charge in [0, 0.05) is 13.6 Å². The number of amides is 1. The predicted octanol–water partition coefficient (Wildman–Crippen LogP) is 3.63. The van der Waals surface area contributed by atoms with Gasteiger partial charge in [0.1, 0.15) is 5.82 Å². The lowest BCUT2D eigenvalue weighted by Gasteiger charge is -2.17. The molecule has 2 rings (SSSR count). The van der Waals surface area contributed by atoms with Crippen molar-refractivity contribution in [3.8, 4) is 0 Å². The van der Waals surface area contributed by atoms with E-state index in [1.165, 1.54) is 17.8 Å². The topological polar surface area (TPSA) is 45.2 Å². The van der Waals surface area contributed by atoms with E-state index in [0.29, 0.717) is 4.88 Å². The Morgan fingerprint density at radius 2 is 2.25 bits per heavy atom. The first-order valence-electron chi connectivity index (χ1n) is 6.72. The lowest BCUT2D eigenvalue weighted by atomic mass is 10.3. The second kappa shape index (κ2) is 7.05. The molecule has 2 aromatic heterocycles. The molecular formula is C15H19N3OS. The molecule has 20 heavy (non-hydrogen) atoms. The van der Waals surface area contributed by atoms with Crippen LogP contribution >= 0.6 is 11.3 Å². The Labute approximate surface area is 123 Å². The van der Waals surface area contributed by atoms with Crippen LogP contribution in [0.4, 0.5) is 11.5 Å². The Morgan fingerprint density at radius 1 is 1.40 bits per heavy atom. The summed E-state index contributed by atoms with van der Waals surface area (Å²) in [5, 5.41) is 4.73. The number of unbranched alkanes of at least 4 members (excludes halogenated alkanes) is 1. The Balaban J connectivity index is 1.96. The molecule has 0 atom stereocenters. The largest absolute Gasteiger partial charge is 0.360 e. The fourth-order valence-corrected chi connectivity index (χ4v) is 2.42. The summed E-state index contributed by atoms with van der Waals surface area (Å²) in [6, 6.07) is 7.49. The highest BCUT2D eigenvalue weighted by molar-refractivity contribution is 7.12. The standard InChI is InChI=1S/C15H19N3OS/c1-3-4-9-18(2)14-8-7-12(11-16-14)17-15(19)13-6-5-10-20-13/h5-8,10-11H,3-4,9H2,1-2H3,(H,17,19). The number of aromatic nitrogens is 1. The van der Waals surface area contributed by atoms with Gasteiger partial charge < -0.3 is 10.2 Å². The van der Waals surface area contributed by atoms with Crippen LogP contribution in [-0.2, 0) is 0 Å². The fraction of sp³-hybridized carbons (Fsp3) is 0.333. The Hall–Kier alpha value is -1.88. The normalized spacial score (nSPS) is 10.3. The minimum atomic E-state index is -0.0890. The minimum Gasteiger partial charge on any atom is -0.360 e. The van der Waals surface area contributed by atoms with Gasteiger partial charge in [-0.3, -0.25) is 4.79 Å². The average Bonchev–Trinajstić information content (AvgIpc) is 3.00. The van der Waals surface area contributed by atoms with Crippen molar-refractivity contribution >= 4 is 28.7 Å². The molecule has 5 heteroatoms. The molecule has 0 saturated heterocycles. The molecule has 0 spiro atoms. The van der Waals surface area contributed by atoms with E-state index in [0.717, 1.165) is 24.5 Å². The minimum absolute atomic E-state index is 0.0890. The summed E-state index contributed by atoms with van der Waals surface area (Å²) in [6.45, 7) is 3.16. The molecule has 0 aliphatic carbocycles. The molecule has 0 unspecified atom stereocenters. The third-order valence-electron chi connectivity index (χ3n) is 2.99. The third kappa shape index (κ3) is 3.81. The molecular weight excluding hydrogens is 270 g/mol. The Kier molecular flexibility index (Phi) is 5.12. The van der Waals surface area contributed by atoms with E-state index in [1.54, 1.807) is 12.3 Å². The summed E-state index contributed by atoms with van der Waals surface area (Å²) < 4.78 is 0. The molecule has 0 fully saturated rings. The molecule has 0 aliphatic rings. The zero-order valence-electron chi connectivity index (χ0n) is 11.8. The summed E-state index contributed by atoms with van der Waals surface area (Å²) >= 11 is 1.43. The molecule has 0 aromatic carbocycles. The van der Waals surface area contributed by atoms with Crippen LogP contribution < -0.4 is 10.2 Å². The maximum Gasteiger partial charge on any atom is 0.265 e. The van der Waals surface area contributed by atoms with E-state index in [9.17, 15) is 4.79 Å². The zero-order valence-corrected chi connectivity index (χ0v) is 12.6. The van der Waals surface area contributed by atoms with Crippen LogP contribution in [0, 0.1) is 0 Å². The monoisotopic (exact) mass is 289 g/mol. The predicted molar refractivity (Wildman–Crippen MR) is 84.7 cm³/mol. The maximum atomic E-state index is 11.9. The first-order chi connectivity index (χ1) is 9.70. The van der Waals surface area contributed by atoms with E-state index in [4.69, 9.17) is 0 Å². The van der Waals surface area contributed by atoms with Gasteiger partial charge in [0.05, 0.1) is 16.8 Å².